The third-order valence-electron chi connectivity index (χ3n) is 4.97. The van der Waals surface area contributed by atoms with Gasteiger partial charge in [0, 0.05) is 36.1 Å². The molecule has 1 aromatic carbocycles. The Balaban J connectivity index is 1.89. The SMILES string of the molecule is Cc1cc(N2CCC3(O)C(=O)c4cc(C)c(C)cc4N=C23)ccn1. The maximum atomic E-state index is 13.0. The summed E-state index contributed by atoms with van der Waals surface area (Å²) in [5, 5.41) is 11.0. The molecular formula is C19H19N3O2. The van der Waals surface area contributed by atoms with Gasteiger partial charge >= 0.3 is 0 Å². The van der Waals surface area contributed by atoms with Gasteiger partial charge in [0.05, 0.1) is 5.69 Å². The molecule has 0 saturated carbocycles. The van der Waals surface area contributed by atoms with Crippen LogP contribution in [0.15, 0.2) is 35.5 Å². The van der Waals surface area contributed by atoms with Crippen molar-refractivity contribution in [3.8, 4) is 0 Å². The van der Waals surface area contributed by atoms with Crippen LogP contribution in [0, 0.1) is 20.8 Å². The number of hydrogen-bond acceptors (Lipinski definition) is 5. The van der Waals surface area contributed by atoms with Crippen LogP contribution in [0.2, 0.25) is 0 Å². The molecular weight excluding hydrogens is 302 g/mol. The summed E-state index contributed by atoms with van der Waals surface area (Å²) < 4.78 is 0. The Kier molecular flexibility index (Phi) is 3.12. The molecule has 1 N–H and O–H groups in total. The van der Waals surface area contributed by atoms with Gasteiger partial charge in [0.15, 0.2) is 5.60 Å². The number of benzene rings is 1. The largest absolute Gasteiger partial charge is 0.374 e. The number of anilines is 1. The number of nitrogens with zero attached hydrogens (tertiary/aromatic N) is 3. The number of fused-ring (bicyclic) bond motifs is 2. The molecule has 0 radical (unpaired) electrons. The Morgan fingerprint density at radius 1 is 1.17 bits per heavy atom. The van der Waals surface area contributed by atoms with Gasteiger partial charge in [0.1, 0.15) is 5.84 Å². The van der Waals surface area contributed by atoms with Gasteiger partial charge < -0.3 is 10.0 Å². The minimum absolute atomic E-state index is 0.251. The number of aliphatic imine (C=N–C) groups is 1. The number of pyridine rings is 1. The molecule has 5 nitrogen and oxygen atoms in total. The van der Waals surface area contributed by atoms with Crippen LogP contribution < -0.4 is 4.90 Å². The van der Waals surface area contributed by atoms with Crippen molar-refractivity contribution in [3.63, 3.8) is 0 Å². The Labute approximate surface area is 140 Å². The van der Waals surface area contributed by atoms with Gasteiger partial charge in [-0.05, 0) is 56.2 Å². The first kappa shape index (κ1) is 15.0. The second-order valence-corrected chi connectivity index (χ2v) is 6.64. The van der Waals surface area contributed by atoms with E-state index in [0.717, 1.165) is 22.5 Å². The van der Waals surface area contributed by atoms with E-state index in [1.54, 1.807) is 6.20 Å². The highest BCUT2D eigenvalue weighted by Gasteiger charge is 2.52. The third kappa shape index (κ3) is 2.01. The zero-order valence-corrected chi connectivity index (χ0v) is 14.0. The summed E-state index contributed by atoms with van der Waals surface area (Å²) in [4.78, 5) is 23.8. The summed E-state index contributed by atoms with van der Waals surface area (Å²) in [7, 11) is 0. The molecule has 1 aromatic heterocycles. The fourth-order valence-corrected chi connectivity index (χ4v) is 3.44. The lowest BCUT2D eigenvalue weighted by Crippen LogP contribution is -2.48. The number of amidine groups is 1. The molecule has 5 heteroatoms. The zero-order chi connectivity index (χ0) is 17.1. The normalized spacial score (nSPS) is 22.2. The molecule has 4 rings (SSSR count). The molecule has 2 aliphatic heterocycles. The number of hydrogen-bond donors (Lipinski definition) is 1. The molecule has 1 saturated heterocycles. The Morgan fingerprint density at radius 3 is 2.67 bits per heavy atom. The number of rotatable bonds is 1. The lowest BCUT2D eigenvalue weighted by atomic mass is 9.86. The fraction of sp³-hybridized carbons (Fsp3) is 0.316. The molecule has 3 heterocycles. The van der Waals surface area contributed by atoms with Crippen LogP contribution in [0.3, 0.4) is 0 Å². The molecule has 122 valence electrons. The summed E-state index contributed by atoms with van der Waals surface area (Å²) in [5.41, 5.74) is 3.52. The van der Waals surface area contributed by atoms with Crippen LogP contribution >= 0.6 is 0 Å². The van der Waals surface area contributed by atoms with Crippen molar-refractivity contribution in [2.75, 3.05) is 11.4 Å². The average molecular weight is 321 g/mol. The number of aromatic nitrogens is 1. The maximum Gasteiger partial charge on any atom is 0.204 e. The van der Waals surface area contributed by atoms with Crippen molar-refractivity contribution in [3.05, 3.63) is 52.8 Å². The Hall–Kier alpha value is -2.53. The van der Waals surface area contributed by atoms with Gasteiger partial charge in [-0.3, -0.25) is 9.78 Å². The number of carbonyl (C=O) groups is 1. The van der Waals surface area contributed by atoms with Crippen LogP contribution in [0.5, 0.6) is 0 Å². The van der Waals surface area contributed by atoms with Gasteiger partial charge in [-0.1, -0.05) is 0 Å². The molecule has 0 aliphatic carbocycles. The van der Waals surface area contributed by atoms with E-state index in [9.17, 15) is 9.90 Å². The van der Waals surface area contributed by atoms with E-state index in [-0.39, 0.29) is 5.78 Å². The van der Waals surface area contributed by atoms with Crippen LogP contribution in [-0.4, -0.2) is 33.9 Å². The van der Waals surface area contributed by atoms with E-state index in [0.29, 0.717) is 30.1 Å². The Bertz CT molecular complexity index is 903. The number of aliphatic hydroxyl groups is 1. The van der Waals surface area contributed by atoms with Crippen molar-refractivity contribution < 1.29 is 9.90 Å². The molecule has 2 aliphatic rings. The second kappa shape index (κ2) is 4.98. The van der Waals surface area contributed by atoms with Crippen LogP contribution in [0.4, 0.5) is 11.4 Å². The molecule has 1 fully saturated rings. The third-order valence-corrected chi connectivity index (χ3v) is 4.97. The molecule has 0 bridgehead atoms. The van der Waals surface area contributed by atoms with E-state index in [4.69, 9.17) is 0 Å². The van der Waals surface area contributed by atoms with Crippen LogP contribution in [0.25, 0.3) is 0 Å². The van der Waals surface area contributed by atoms with E-state index in [1.807, 2.05) is 49.9 Å². The topological polar surface area (TPSA) is 65.8 Å². The van der Waals surface area contributed by atoms with Crippen LogP contribution in [0.1, 0.15) is 33.6 Å². The van der Waals surface area contributed by atoms with Gasteiger partial charge in [0.25, 0.3) is 0 Å². The van der Waals surface area contributed by atoms with Gasteiger partial charge in [-0.2, -0.15) is 0 Å². The van der Waals surface area contributed by atoms with Crippen molar-refractivity contribution >= 4 is 23.0 Å². The first-order valence-corrected chi connectivity index (χ1v) is 8.08. The molecule has 1 unspecified atom stereocenters. The standard InChI is InChI=1S/C19H19N3O2/c1-11-8-15-16(9-12(11)2)21-18-19(24,17(15)23)5-7-22(18)14-4-6-20-13(3)10-14/h4,6,8-10,24H,5,7H2,1-3H3. The maximum absolute atomic E-state index is 13.0. The molecule has 2 aromatic rings. The quantitative estimate of drug-likeness (QED) is 0.877. The lowest BCUT2D eigenvalue weighted by molar-refractivity contribution is 0.0602. The predicted molar refractivity (Wildman–Crippen MR) is 93.2 cm³/mol. The summed E-state index contributed by atoms with van der Waals surface area (Å²) in [6, 6.07) is 7.57. The van der Waals surface area contributed by atoms with E-state index in [1.165, 1.54) is 0 Å². The highest BCUT2D eigenvalue weighted by atomic mass is 16.3. The van der Waals surface area contributed by atoms with Gasteiger partial charge in [0.2, 0.25) is 5.78 Å². The van der Waals surface area contributed by atoms with Crippen LogP contribution in [-0.2, 0) is 0 Å². The van der Waals surface area contributed by atoms with Crippen molar-refractivity contribution in [2.45, 2.75) is 32.8 Å². The minimum Gasteiger partial charge on any atom is -0.374 e. The summed E-state index contributed by atoms with van der Waals surface area (Å²) in [6.45, 7) is 6.43. The smallest absolute Gasteiger partial charge is 0.204 e. The van der Waals surface area contributed by atoms with Crippen molar-refractivity contribution in [1.29, 1.82) is 0 Å². The Morgan fingerprint density at radius 2 is 1.92 bits per heavy atom. The summed E-state index contributed by atoms with van der Waals surface area (Å²) in [6.07, 6.45) is 2.08. The molecule has 0 spiro atoms. The zero-order valence-electron chi connectivity index (χ0n) is 14.0. The minimum atomic E-state index is -1.54. The predicted octanol–water partition coefficient (Wildman–Crippen LogP) is 2.87. The van der Waals surface area contributed by atoms with E-state index < -0.39 is 5.60 Å². The highest BCUT2D eigenvalue weighted by molar-refractivity contribution is 6.28. The first-order valence-electron chi connectivity index (χ1n) is 8.08. The molecule has 24 heavy (non-hydrogen) atoms. The van der Waals surface area contributed by atoms with E-state index in [2.05, 4.69) is 9.98 Å². The van der Waals surface area contributed by atoms with Gasteiger partial charge in [-0.15, -0.1) is 0 Å². The number of carbonyl (C=O) groups excluding carboxylic acids is 1. The lowest BCUT2D eigenvalue weighted by Gasteiger charge is -2.30. The highest BCUT2D eigenvalue weighted by Crippen LogP contribution is 2.40. The average Bonchev–Trinajstić information content (AvgIpc) is 2.88. The van der Waals surface area contributed by atoms with Gasteiger partial charge in [-0.25, -0.2) is 4.99 Å². The summed E-state index contributed by atoms with van der Waals surface area (Å²) >= 11 is 0. The molecule has 1 atom stereocenters. The molecule has 0 amide bonds. The second-order valence-electron chi connectivity index (χ2n) is 6.64. The number of ketones is 1. The number of Topliss-reactive ketones (excluding diaryl/α,β-unsaturated/α-hetero) is 1. The monoisotopic (exact) mass is 321 g/mol. The number of aryl methyl sites for hydroxylation is 3. The van der Waals surface area contributed by atoms with Crippen molar-refractivity contribution in [1.82, 2.24) is 4.98 Å². The van der Waals surface area contributed by atoms with E-state index >= 15 is 0 Å². The van der Waals surface area contributed by atoms with Crippen molar-refractivity contribution in [2.24, 2.45) is 4.99 Å². The fourth-order valence-electron chi connectivity index (χ4n) is 3.44. The first-order chi connectivity index (χ1) is 11.4. The summed E-state index contributed by atoms with van der Waals surface area (Å²) in [5.74, 6) is 0.174.